The number of hydrogen-bond donors (Lipinski definition) is 12. The van der Waals surface area contributed by atoms with Crippen LogP contribution < -0.4 is 5.32 Å². The van der Waals surface area contributed by atoms with Gasteiger partial charge in [-0.15, -0.1) is 0 Å². The van der Waals surface area contributed by atoms with Gasteiger partial charge in [-0.25, -0.2) is 0 Å². The van der Waals surface area contributed by atoms with E-state index in [1.54, 1.807) is 0 Å². The Morgan fingerprint density at radius 3 is 1.02 bits per heavy atom. The third kappa shape index (κ3) is 45.1. The van der Waals surface area contributed by atoms with E-state index in [0.717, 1.165) is 116 Å². The summed E-state index contributed by atoms with van der Waals surface area (Å²) in [7, 11) is 0. The minimum Gasteiger partial charge on any atom is -0.394 e. The summed E-state index contributed by atoms with van der Waals surface area (Å²) in [6.45, 7) is 1.71. The average Bonchev–Trinajstić information content (AvgIpc) is 0.780. The number of nitrogens with one attached hydrogen (secondary N) is 1. The number of allylic oxidation sites excluding steroid dienone is 18. The van der Waals surface area contributed by atoms with Crippen molar-refractivity contribution in [1.29, 1.82) is 0 Å². The number of ether oxygens (including phenoxy) is 6. The summed E-state index contributed by atoms with van der Waals surface area (Å²) < 4.78 is 34.5. The Balaban J connectivity index is 1.35. The SMILES string of the molecule is CC/C=C\C/C=C\C/C=C\C/C=C\C/C=C\C/C=C\C/C=C\C/C=C\C/C=C\CCCCCCCCCCCC(=O)NC(COC1OC(CO)C(OC2OC(CO)C(OC3OC(CO)C(O)C(O)C3O)C(O)C2O)C(O)C1O)C(O)CCCCCCCCCCCCCCCCCCCCCCCCCC. The van der Waals surface area contributed by atoms with Crippen molar-refractivity contribution < 1.29 is 89.4 Å². The molecule has 0 saturated carbocycles. The van der Waals surface area contributed by atoms with E-state index in [1.165, 1.54) is 154 Å². The first-order chi connectivity index (χ1) is 51.8. The summed E-state index contributed by atoms with van der Waals surface area (Å²) in [5, 5.41) is 121. The molecule has 0 aliphatic carbocycles. The molecular weight excluding hydrogens is 1350 g/mol. The van der Waals surface area contributed by atoms with Gasteiger partial charge < -0.3 is 89.9 Å². The van der Waals surface area contributed by atoms with Crippen molar-refractivity contribution in [3.63, 3.8) is 0 Å². The summed E-state index contributed by atoms with van der Waals surface area (Å²) in [5.74, 6) is -0.250. The molecule has 17 unspecified atom stereocenters. The van der Waals surface area contributed by atoms with Gasteiger partial charge in [-0.1, -0.05) is 322 Å². The molecule has 3 aliphatic rings. The second-order valence-corrected chi connectivity index (χ2v) is 29.6. The highest BCUT2D eigenvalue weighted by Gasteiger charge is 2.54. The van der Waals surface area contributed by atoms with Gasteiger partial charge in [0.2, 0.25) is 5.91 Å². The van der Waals surface area contributed by atoms with E-state index in [0.29, 0.717) is 12.8 Å². The van der Waals surface area contributed by atoms with Crippen molar-refractivity contribution in [2.24, 2.45) is 0 Å². The van der Waals surface area contributed by atoms with Gasteiger partial charge in [0.25, 0.3) is 0 Å². The summed E-state index contributed by atoms with van der Waals surface area (Å²) in [6, 6.07) is -0.900. The highest BCUT2D eigenvalue weighted by molar-refractivity contribution is 5.76. The molecule has 3 saturated heterocycles. The van der Waals surface area contributed by atoms with Crippen LogP contribution in [-0.4, -0.2) is 193 Å². The summed E-state index contributed by atoms with van der Waals surface area (Å²) >= 11 is 0. The highest BCUT2D eigenvalue weighted by Crippen LogP contribution is 2.33. The van der Waals surface area contributed by atoms with Gasteiger partial charge in [0.15, 0.2) is 18.9 Å². The predicted molar refractivity (Wildman–Crippen MR) is 424 cm³/mol. The van der Waals surface area contributed by atoms with Crippen molar-refractivity contribution in [1.82, 2.24) is 5.32 Å². The maximum absolute atomic E-state index is 13.5. The maximum atomic E-state index is 13.5. The van der Waals surface area contributed by atoms with Crippen LogP contribution in [0.1, 0.15) is 303 Å². The summed E-state index contributed by atoms with van der Waals surface area (Å²) in [5.41, 5.74) is 0. The van der Waals surface area contributed by atoms with E-state index in [9.17, 15) is 61.0 Å². The monoisotopic (exact) mass is 1500 g/mol. The van der Waals surface area contributed by atoms with Crippen LogP contribution in [0.5, 0.6) is 0 Å². The van der Waals surface area contributed by atoms with Crippen molar-refractivity contribution in [3.8, 4) is 0 Å². The van der Waals surface area contributed by atoms with Crippen LogP contribution in [0.15, 0.2) is 109 Å². The molecular formula is C87H151NO18. The Labute approximate surface area is 640 Å². The molecule has 12 N–H and O–H groups in total. The Morgan fingerprint density at radius 1 is 0.349 bits per heavy atom. The molecule has 0 bridgehead atoms. The highest BCUT2D eigenvalue weighted by atomic mass is 16.8. The molecule has 0 aromatic rings. The molecule has 3 heterocycles. The molecule has 3 fully saturated rings. The van der Waals surface area contributed by atoms with Crippen LogP contribution in [0.4, 0.5) is 0 Å². The second-order valence-electron chi connectivity index (χ2n) is 29.6. The van der Waals surface area contributed by atoms with Crippen LogP contribution >= 0.6 is 0 Å². The topological polar surface area (TPSA) is 307 Å². The van der Waals surface area contributed by atoms with Gasteiger partial charge >= 0.3 is 0 Å². The zero-order chi connectivity index (χ0) is 76.7. The van der Waals surface area contributed by atoms with E-state index in [1.807, 2.05) is 0 Å². The second kappa shape index (κ2) is 66.1. The first-order valence-electron chi connectivity index (χ1n) is 42.1. The maximum Gasteiger partial charge on any atom is 0.220 e. The number of carbonyl (C=O) groups is 1. The number of rotatable bonds is 66. The van der Waals surface area contributed by atoms with Crippen LogP contribution in [0.25, 0.3) is 0 Å². The molecule has 0 radical (unpaired) electrons. The fourth-order valence-electron chi connectivity index (χ4n) is 13.7. The van der Waals surface area contributed by atoms with E-state index < -0.39 is 124 Å². The number of hydrogen-bond acceptors (Lipinski definition) is 18. The minimum absolute atomic E-state index is 0.250. The Kier molecular flexibility index (Phi) is 60.3. The Bertz CT molecular complexity index is 2340. The third-order valence-corrected chi connectivity index (χ3v) is 20.4. The molecule has 106 heavy (non-hydrogen) atoms. The zero-order valence-electron chi connectivity index (χ0n) is 65.6. The zero-order valence-corrected chi connectivity index (χ0v) is 65.6. The van der Waals surface area contributed by atoms with Crippen LogP contribution in [0, 0.1) is 0 Å². The molecule has 0 spiro atoms. The molecule has 0 aromatic heterocycles. The lowest BCUT2D eigenvalue weighted by molar-refractivity contribution is -0.379. The molecule has 612 valence electrons. The van der Waals surface area contributed by atoms with Crippen LogP contribution in [0.2, 0.25) is 0 Å². The van der Waals surface area contributed by atoms with Crippen molar-refractivity contribution >= 4 is 5.91 Å². The Morgan fingerprint density at radius 2 is 0.651 bits per heavy atom. The number of unbranched alkanes of at least 4 members (excludes halogenated alkanes) is 32. The van der Waals surface area contributed by atoms with E-state index in [4.69, 9.17) is 28.4 Å². The van der Waals surface area contributed by atoms with Crippen molar-refractivity contribution in [2.45, 2.75) is 407 Å². The number of amides is 1. The lowest BCUT2D eigenvalue weighted by Gasteiger charge is -2.48. The number of aliphatic hydroxyl groups is 11. The van der Waals surface area contributed by atoms with E-state index >= 15 is 0 Å². The van der Waals surface area contributed by atoms with Gasteiger partial charge in [0, 0.05) is 6.42 Å². The smallest absolute Gasteiger partial charge is 0.220 e. The van der Waals surface area contributed by atoms with E-state index in [-0.39, 0.29) is 18.9 Å². The molecule has 1 amide bonds. The molecule has 19 heteroatoms. The first kappa shape index (κ1) is 96.6. The molecule has 3 rings (SSSR count). The molecule has 17 atom stereocenters. The van der Waals surface area contributed by atoms with Crippen molar-refractivity contribution in [3.05, 3.63) is 109 Å². The normalized spacial score (nSPS) is 26.2. The molecule has 0 aromatic carbocycles. The number of aliphatic hydroxyl groups excluding tert-OH is 11. The molecule has 3 aliphatic heterocycles. The largest absolute Gasteiger partial charge is 0.394 e. The Hall–Kier alpha value is -3.55. The first-order valence-corrected chi connectivity index (χ1v) is 42.1. The van der Waals surface area contributed by atoms with Gasteiger partial charge in [-0.3, -0.25) is 4.79 Å². The van der Waals surface area contributed by atoms with Gasteiger partial charge in [0.05, 0.1) is 38.6 Å². The standard InChI is InChI=1S/C87H151NO18/c1-3-5-7-9-11-13-15-17-19-21-23-25-27-29-30-31-32-33-34-35-36-37-38-39-40-41-43-45-47-49-51-53-55-57-59-61-63-65-75(93)88-70(71(92)64-62-60-58-56-54-52-50-48-46-44-42-28-26-24-22-20-18-16-14-12-10-8-6-4-2)69-101-85-81(99)78(96)83(73(67-90)103-85)106-87-82(100)79(97)84(74(68-91)104-87)105-86-80(98)77(95)76(94)72(66-89)102-86/h5,7,11,13,17,19,23,25,29-30,32-33,35-36,38-39,41,43,70-74,76-87,89-92,94-100H,3-4,6,8-10,12,14-16,18,20-22,24,26-28,31,34,37,40,42,44-69H2,1-2H3,(H,88,93)/b7-5-,13-11-,19-17-,25-23-,30-29-,33-32-,36-35-,39-38-,43-41-. The fraction of sp³-hybridized carbons (Fsp3) is 0.782. The minimum atomic E-state index is -1.98. The quantitative estimate of drug-likeness (QED) is 0.0199. The lowest BCUT2D eigenvalue weighted by Crippen LogP contribution is -2.66. The van der Waals surface area contributed by atoms with Crippen molar-refractivity contribution in [2.75, 3.05) is 26.4 Å². The third-order valence-electron chi connectivity index (χ3n) is 20.4. The van der Waals surface area contributed by atoms with E-state index in [2.05, 4.69) is 129 Å². The van der Waals surface area contributed by atoms with Crippen LogP contribution in [0.3, 0.4) is 0 Å². The van der Waals surface area contributed by atoms with Crippen LogP contribution in [-0.2, 0) is 33.2 Å². The average molecular weight is 1500 g/mol. The fourth-order valence-corrected chi connectivity index (χ4v) is 13.7. The summed E-state index contributed by atoms with van der Waals surface area (Å²) in [6.07, 6.45) is 64.5. The lowest BCUT2D eigenvalue weighted by atomic mass is 9.96. The predicted octanol–water partition coefficient (Wildman–Crippen LogP) is 14.9. The van der Waals surface area contributed by atoms with Gasteiger partial charge in [0.1, 0.15) is 73.2 Å². The summed E-state index contributed by atoms with van der Waals surface area (Å²) in [4.78, 5) is 13.5. The van der Waals surface area contributed by atoms with Gasteiger partial charge in [-0.05, 0) is 83.5 Å². The van der Waals surface area contributed by atoms with Gasteiger partial charge in [-0.2, -0.15) is 0 Å². The molecule has 19 nitrogen and oxygen atoms in total. The number of carbonyl (C=O) groups excluding carboxylic acids is 1.